The predicted molar refractivity (Wildman–Crippen MR) is 78.5 cm³/mol. The summed E-state index contributed by atoms with van der Waals surface area (Å²) in [6, 6.07) is 6.81. The van der Waals surface area contributed by atoms with E-state index in [1.807, 2.05) is 0 Å². The van der Waals surface area contributed by atoms with Crippen LogP contribution in [0, 0.1) is 5.92 Å². The Morgan fingerprint density at radius 3 is 2.43 bits per heavy atom. The Labute approximate surface area is 128 Å². The molecule has 0 spiro atoms. The van der Waals surface area contributed by atoms with Gasteiger partial charge in [-0.05, 0) is 38.1 Å². The van der Waals surface area contributed by atoms with E-state index in [0.29, 0.717) is 23.9 Å². The SMILES string of the molecule is CC(C)(Oc1ccc(Cl)cc1)C(=O)N1CC(CC(=O)O)C1. The third-order valence-electron chi connectivity index (χ3n) is 3.41. The first kappa shape index (κ1) is 15.6. The molecule has 0 radical (unpaired) electrons. The van der Waals surface area contributed by atoms with Crippen molar-refractivity contribution >= 4 is 23.5 Å². The zero-order valence-electron chi connectivity index (χ0n) is 12.0. The zero-order chi connectivity index (χ0) is 15.6. The van der Waals surface area contributed by atoms with E-state index < -0.39 is 11.6 Å². The minimum atomic E-state index is -0.998. The first-order valence-corrected chi connectivity index (χ1v) is 7.11. The third-order valence-corrected chi connectivity index (χ3v) is 3.66. The lowest BCUT2D eigenvalue weighted by Gasteiger charge is -2.42. The molecule has 0 aliphatic carbocycles. The summed E-state index contributed by atoms with van der Waals surface area (Å²) < 4.78 is 5.73. The smallest absolute Gasteiger partial charge is 0.303 e. The number of carboxylic acids is 1. The van der Waals surface area contributed by atoms with Crippen LogP contribution < -0.4 is 4.74 Å². The lowest BCUT2D eigenvalue weighted by molar-refractivity contribution is -0.154. The van der Waals surface area contributed by atoms with Gasteiger partial charge in [-0.3, -0.25) is 9.59 Å². The highest BCUT2D eigenvalue weighted by Crippen LogP contribution is 2.26. The molecule has 1 saturated heterocycles. The number of likely N-dealkylation sites (tertiary alicyclic amines) is 1. The topological polar surface area (TPSA) is 66.8 Å². The van der Waals surface area contributed by atoms with Crippen LogP contribution in [0.2, 0.25) is 5.02 Å². The Balaban J connectivity index is 1.92. The van der Waals surface area contributed by atoms with E-state index in [-0.39, 0.29) is 18.2 Å². The summed E-state index contributed by atoms with van der Waals surface area (Å²) in [6.45, 7) is 4.35. The number of carboxylic acid groups (broad SMARTS) is 1. The van der Waals surface area contributed by atoms with E-state index in [2.05, 4.69) is 0 Å². The first-order valence-electron chi connectivity index (χ1n) is 6.73. The van der Waals surface area contributed by atoms with Gasteiger partial charge in [0.05, 0.1) is 6.42 Å². The van der Waals surface area contributed by atoms with Crippen LogP contribution >= 0.6 is 11.6 Å². The van der Waals surface area contributed by atoms with Gasteiger partial charge in [-0.25, -0.2) is 0 Å². The lowest BCUT2D eigenvalue weighted by Crippen LogP contribution is -2.58. The fourth-order valence-corrected chi connectivity index (χ4v) is 2.46. The highest BCUT2D eigenvalue weighted by atomic mass is 35.5. The highest BCUT2D eigenvalue weighted by Gasteiger charge is 2.40. The maximum atomic E-state index is 12.4. The molecule has 0 atom stereocenters. The molecule has 1 amide bonds. The van der Waals surface area contributed by atoms with Crippen molar-refractivity contribution in [1.82, 2.24) is 4.90 Å². The van der Waals surface area contributed by atoms with Crippen molar-refractivity contribution in [2.45, 2.75) is 25.9 Å². The Morgan fingerprint density at radius 1 is 1.33 bits per heavy atom. The minimum absolute atomic E-state index is 0.0396. The molecular formula is C15H18ClNO4. The predicted octanol–water partition coefficient (Wildman–Crippen LogP) is 2.43. The normalized spacial score (nSPS) is 15.5. The average Bonchev–Trinajstić information content (AvgIpc) is 2.35. The van der Waals surface area contributed by atoms with Crippen molar-refractivity contribution < 1.29 is 19.4 Å². The van der Waals surface area contributed by atoms with Crippen LogP contribution in [0.5, 0.6) is 5.75 Å². The highest BCUT2D eigenvalue weighted by molar-refractivity contribution is 6.30. The molecule has 1 aromatic rings. The van der Waals surface area contributed by atoms with E-state index in [9.17, 15) is 9.59 Å². The Hall–Kier alpha value is -1.75. The monoisotopic (exact) mass is 311 g/mol. The van der Waals surface area contributed by atoms with E-state index in [4.69, 9.17) is 21.4 Å². The van der Waals surface area contributed by atoms with Crippen LogP contribution in [0.3, 0.4) is 0 Å². The molecule has 6 heteroatoms. The summed E-state index contributed by atoms with van der Waals surface area (Å²) in [7, 11) is 0. The number of halogens is 1. The summed E-state index contributed by atoms with van der Waals surface area (Å²) >= 11 is 5.81. The molecule has 0 saturated carbocycles. The molecule has 114 valence electrons. The summed E-state index contributed by atoms with van der Waals surface area (Å²) in [6.07, 6.45) is 0.0995. The fraction of sp³-hybridized carbons (Fsp3) is 0.467. The van der Waals surface area contributed by atoms with Gasteiger partial charge in [-0.15, -0.1) is 0 Å². The van der Waals surface area contributed by atoms with Crippen molar-refractivity contribution in [3.8, 4) is 5.75 Å². The summed E-state index contributed by atoms with van der Waals surface area (Å²) in [5, 5.41) is 9.31. The molecule has 1 fully saturated rings. The van der Waals surface area contributed by atoms with Gasteiger partial charge in [0, 0.05) is 24.0 Å². The number of nitrogens with zero attached hydrogens (tertiary/aromatic N) is 1. The number of hydrogen-bond acceptors (Lipinski definition) is 3. The van der Waals surface area contributed by atoms with Crippen LogP contribution in [0.15, 0.2) is 24.3 Å². The van der Waals surface area contributed by atoms with Gasteiger partial charge in [0.2, 0.25) is 0 Å². The number of carbonyl (C=O) groups excluding carboxylic acids is 1. The molecule has 5 nitrogen and oxygen atoms in total. The van der Waals surface area contributed by atoms with Gasteiger partial charge in [0.25, 0.3) is 5.91 Å². The van der Waals surface area contributed by atoms with Crippen LogP contribution in [0.1, 0.15) is 20.3 Å². The summed E-state index contributed by atoms with van der Waals surface area (Å²) in [5.74, 6) is -0.360. The number of ether oxygens (including phenoxy) is 1. The van der Waals surface area contributed by atoms with E-state index in [0.717, 1.165) is 0 Å². The van der Waals surface area contributed by atoms with Gasteiger partial charge in [-0.1, -0.05) is 11.6 Å². The number of rotatable bonds is 5. The molecule has 1 aromatic carbocycles. The maximum Gasteiger partial charge on any atom is 0.303 e. The molecule has 1 aliphatic heterocycles. The Bertz CT molecular complexity index is 535. The Morgan fingerprint density at radius 2 is 1.90 bits per heavy atom. The minimum Gasteiger partial charge on any atom is -0.481 e. The molecule has 0 aromatic heterocycles. The summed E-state index contributed by atoms with van der Waals surface area (Å²) in [5.41, 5.74) is -0.998. The summed E-state index contributed by atoms with van der Waals surface area (Å²) in [4.78, 5) is 24.6. The molecule has 1 heterocycles. The number of hydrogen-bond donors (Lipinski definition) is 1. The largest absolute Gasteiger partial charge is 0.481 e. The van der Waals surface area contributed by atoms with Crippen LogP contribution in [-0.4, -0.2) is 40.6 Å². The fourth-order valence-electron chi connectivity index (χ4n) is 2.33. The zero-order valence-corrected chi connectivity index (χ0v) is 12.8. The maximum absolute atomic E-state index is 12.4. The second-order valence-corrected chi connectivity index (χ2v) is 6.18. The molecule has 0 unspecified atom stereocenters. The van der Waals surface area contributed by atoms with E-state index >= 15 is 0 Å². The number of carbonyl (C=O) groups is 2. The Kier molecular flexibility index (Phi) is 4.42. The van der Waals surface area contributed by atoms with Crippen LogP contribution in [-0.2, 0) is 9.59 Å². The van der Waals surface area contributed by atoms with Crippen LogP contribution in [0.25, 0.3) is 0 Å². The van der Waals surface area contributed by atoms with Gasteiger partial charge in [-0.2, -0.15) is 0 Å². The van der Waals surface area contributed by atoms with Gasteiger partial charge >= 0.3 is 5.97 Å². The molecule has 1 aliphatic rings. The number of aliphatic carboxylic acids is 1. The molecular weight excluding hydrogens is 294 g/mol. The van der Waals surface area contributed by atoms with Crippen molar-refractivity contribution in [3.63, 3.8) is 0 Å². The van der Waals surface area contributed by atoms with Gasteiger partial charge < -0.3 is 14.7 Å². The van der Waals surface area contributed by atoms with Crippen molar-refractivity contribution in [2.75, 3.05) is 13.1 Å². The standard InChI is InChI=1S/C15H18ClNO4/c1-15(2,21-12-5-3-11(16)4-6-12)14(20)17-8-10(9-17)7-13(18)19/h3-6,10H,7-9H2,1-2H3,(H,18,19). The third kappa shape index (κ3) is 3.88. The second-order valence-electron chi connectivity index (χ2n) is 5.74. The van der Waals surface area contributed by atoms with Gasteiger partial charge in [0.15, 0.2) is 5.60 Å². The molecule has 1 N–H and O–H groups in total. The van der Waals surface area contributed by atoms with Crippen molar-refractivity contribution in [1.29, 1.82) is 0 Å². The number of benzene rings is 1. The van der Waals surface area contributed by atoms with Crippen molar-refractivity contribution in [3.05, 3.63) is 29.3 Å². The lowest BCUT2D eigenvalue weighted by atomic mass is 9.94. The molecule has 0 bridgehead atoms. The average molecular weight is 312 g/mol. The number of amides is 1. The van der Waals surface area contributed by atoms with E-state index in [1.54, 1.807) is 43.0 Å². The van der Waals surface area contributed by atoms with Crippen LogP contribution in [0.4, 0.5) is 0 Å². The molecule has 2 rings (SSSR count). The second kappa shape index (κ2) is 5.93. The van der Waals surface area contributed by atoms with Gasteiger partial charge in [0.1, 0.15) is 5.75 Å². The quantitative estimate of drug-likeness (QED) is 0.907. The molecule has 21 heavy (non-hydrogen) atoms. The first-order chi connectivity index (χ1) is 9.78. The van der Waals surface area contributed by atoms with Crippen molar-refractivity contribution in [2.24, 2.45) is 5.92 Å². The van der Waals surface area contributed by atoms with E-state index in [1.165, 1.54) is 0 Å².